The van der Waals surface area contributed by atoms with E-state index in [-0.39, 0.29) is 23.8 Å². The van der Waals surface area contributed by atoms with E-state index >= 15 is 0 Å². The van der Waals surface area contributed by atoms with E-state index in [1.165, 1.54) is 7.11 Å². The summed E-state index contributed by atoms with van der Waals surface area (Å²) < 4.78 is 30.1. The number of likely N-dealkylation sites (tertiary alicyclic amines) is 1. The molecule has 2 aliphatic rings. The summed E-state index contributed by atoms with van der Waals surface area (Å²) in [6.07, 6.45) is 3.46. The van der Waals surface area contributed by atoms with E-state index in [1.807, 2.05) is 25.7 Å². The fourth-order valence-electron chi connectivity index (χ4n) is 4.01. The van der Waals surface area contributed by atoms with Crippen LogP contribution in [0.3, 0.4) is 0 Å². The third-order valence-corrected chi connectivity index (χ3v) is 5.61. The Morgan fingerprint density at radius 1 is 1.17 bits per heavy atom. The van der Waals surface area contributed by atoms with Crippen LogP contribution in [-0.4, -0.2) is 89.1 Å². The zero-order valence-corrected chi connectivity index (χ0v) is 20.6. The third kappa shape index (κ3) is 6.24. The Hall–Kier alpha value is -3.28. The summed E-state index contributed by atoms with van der Waals surface area (Å²) in [6.45, 7) is 9.04. The molecule has 0 aromatic carbocycles. The minimum atomic E-state index is -0.572. The second kappa shape index (κ2) is 10.5. The normalized spacial score (nSPS) is 18.8. The van der Waals surface area contributed by atoms with Crippen LogP contribution in [0.4, 0.5) is 21.0 Å². The molecule has 35 heavy (non-hydrogen) atoms. The molecule has 2 fully saturated rings. The van der Waals surface area contributed by atoms with Gasteiger partial charge in [0.05, 0.1) is 32.7 Å². The Labute approximate surface area is 204 Å². The Bertz CT molecular complexity index is 1030. The molecule has 12 heteroatoms. The lowest BCUT2D eigenvalue weighted by molar-refractivity contribution is 0.0206. The molecule has 2 aromatic rings. The lowest BCUT2D eigenvalue weighted by atomic mass is 10.1. The van der Waals surface area contributed by atoms with Gasteiger partial charge in [0.25, 0.3) is 0 Å². The molecule has 4 rings (SSSR count). The van der Waals surface area contributed by atoms with Gasteiger partial charge < -0.3 is 29.3 Å². The van der Waals surface area contributed by atoms with Crippen LogP contribution in [0.2, 0.25) is 0 Å². The van der Waals surface area contributed by atoms with Gasteiger partial charge in [-0.05, 0) is 33.6 Å². The van der Waals surface area contributed by atoms with Crippen LogP contribution in [0.25, 0.3) is 11.4 Å². The van der Waals surface area contributed by atoms with Crippen molar-refractivity contribution in [1.82, 2.24) is 24.8 Å². The molecule has 1 atom stereocenters. The summed E-state index contributed by atoms with van der Waals surface area (Å²) in [5.74, 6) is 0.905. The average molecular weight is 490 g/mol. The first-order valence-electron chi connectivity index (χ1n) is 11.7. The van der Waals surface area contributed by atoms with Crippen LogP contribution >= 0.6 is 0 Å². The first-order valence-corrected chi connectivity index (χ1v) is 11.7. The second-order valence-electron chi connectivity index (χ2n) is 9.49. The fourth-order valence-corrected chi connectivity index (χ4v) is 4.01. The van der Waals surface area contributed by atoms with Gasteiger partial charge in [-0.1, -0.05) is 0 Å². The van der Waals surface area contributed by atoms with E-state index in [1.54, 1.807) is 4.90 Å². The SMILES string of the molecule is COc1nc(N2CCOCC2)nc(N[C@@H]2CCCN(C(=O)OC(C)(C)C)C2)c1-c1ncc(F)cn1. The number of anilines is 2. The van der Waals surface area contributed by atoms with Crippen molar-refractivity contribution in [2.45, 2.75) is 45.3 Å². The van der Waals surface area contributed by atoms with E-state index in [0.717, 1.165) is 25.2 Å². The highest BCUT2D eigenvalue weighted by atomic mass is 19.1. The number of hydrogen-bond donors (Lipinski definition) is 1. The highest BCUT2D eigenvalue weighted by Crippen LogP contribution is 2.35. The van der Waals surface area contributed by atoms with E-state index < -0.39 is 11.4 Å². The number of nitrogens with one attached hydrogen (secondary N) is 1. The Kier molecular flexibility index (Phi) is 7.48. The molecular weight excluding hydrogens is 457 g/mol. The van der Waals surface area contributed by atoms with Crippen molar-refractivity contribution in [2.24, 2.45) is 0 Å². The van der Waals surface area contributed by atoms with E-state index in [9.17, 15) is 9.18 Å². The number of carbonyl (C=O) groups is 1. The molecule has 2 aromatic heterocycles. The van der Waals surface area contributed by atoms with Crippen molar-refractivity contribution in [3.8, 4) is 17.3 Å². The van der Waals surface area contributed by atoms with Crippen molar-refractivity contribution in [2.75, 3.05) is 56.7 Å². The third-order valence-electron chi connectivity index (χ3n) is 5.61. The van der Waals surface area contributed by atoms with Gasteiger partial charge in [-0.15, -0.1) is 0 Å². The van der Waals surface area contributed by atoms with Gasteiger partial charge in [0, 0.05) is 32.2 Å². The van der Waals surface area contributed by atoms with Gasteiger partial charge in [-0.3, -0.25) is 0 Å². The van der Waals surface area contributed by atoms with Crippen molar-refractivity contribution in [1.29, 1.82) is 0 Å². The van der Waals surface area contributed by atoms with Gasteiger partial charge in [-0.2, -0.15) is 9.97 Å². The number of hydrogen-bond acceptors (Lipinski definition) is 10. The van der Waals surface area contributed by atoms with Crippen molar-refractivity contribution in [3.05, 3.63) is 18.2 Å². The Balaban J connectivity index is 1.65. The maximum absolute atomic E-state index is 13.5. The number of methoxy groups -OCH3 is 1. The fraction of sp³-hybridized carbons (Fsp3) is 0.609. The van der Waals surface area contributed by atoms with Crippen LogP contribution in [-0.2, 0) is 9.47 Å². The number of aromatic nitrogens is 4. The molecule has 0 aliphatic carbocycles. The van der Waals surface area contributed by atoms with E-state index in [0.29, 0.717) is 56.7 Å². The molecule has 1 N–H and O–H groups in total. The summed E-state index contributed by atoms with van der Waals surface area (Å²) in [6, 6.07) is -0.104. The summed E-state index contributed by atoms with van der Waals surface area (Å²) in [5.41, 5.74) is -0.142. The van der Waals surface area contributed by atoms with Crippen LogP contribution in [0.5, 0.6) is 5.88 Å². The summed E-state index contributed by atoms with van der Waals surface area (Å²) >= 11 is 0. The molecule has 11 nitrogen and oxygen atoms in total. The Morgan fingerprint density at radius 2 is 1.89 bits per heavy atom. The number of carbonyl (C=O) groups excluding carboxylic acids is 1. The topological polar surface area (TPSA) is 115 Å². The molecule has 0 bridgehead atoms. The maximum Gasteiger partial charge on any atom is 0.410 e. The van der Waals surface area contributed by atoms with Gasteiger partial charge in [0.15, 0.2) is 11.6 Å². The number of amides is 1. The monoisotopic (exact) mass is 489 g/mol. The molecular formula is C23H32FN7O4. The molecule has 1 amide bonds. The highest BCUT2D eigenvalue weighted by molar-refractivity contribution is 5.76. The number of halogens is 1. The van der Waals surface area contributed by atoms with Gasteiger partial charge in [0.1, 0.15) is 17.0 Å². The van der Waals surface area contributed by atoms with Crippen LogP contribution in [0.15, 0.2) is 12.4 Å². The van der Waals surface area contributed by atoms with E-state index in [4.69, 9.17) is 19.2 Å². The number of rotatable bonds is 5. The van der Waals surface area contributed by atoms with Crippen molar-refractivity contribution in [3.63, 3.8) is 0 Å². The minimum Gasteiger partial charge on any atom is -0.480 e. The highest BCUT2D eigenvalue weighted by Gasteiger charge is 2.30. The molecule has 0 spiro atoms. The maximum atomic E-state index is 13.5. The lowest BCUT2D eigenvalue weighted by Crippen LogP contribution is -2.47. The molecule has 4 heterocycles. The Morgan fingerprint density at radius 3 is 2.54 bits per heavy atom. The molecule has 0 saturated carbocycles. The first-order chi connectivity index (χ1) is 16.7. The molecule has 2 aliphatic heterocycles. The van der Waals surface area contributed by atoms with Gasteiger partial charge >= 0.3 is 6.09 Å². The van der Waals surface area contributed by atoms with Crippen molar-refractivity contribution < 1.29 is 23.4 Å². The average Bonchev–Trinajstić information content (AvgIpc) is 2.84. The van der Waals surface area contributed by atoms with E-state index in [2.05, 4.69) is 20.3 Å². The zero-order valence-electron chi connectivity index (χ0n) is 20.6. The standard InChI is InChI=1S/C23H32FN7O4/c1-23(2,3)35-22(32)31-7-5-6-16(14-31)27-19-17(18-25-12-15(24)13-26-18)20(33-4)29-21(28-19)30-8-10-34-11-9-30/h12-13,16H,5-11,14H2,1-4H3,(H,27,28,29)/t16-/m1/s1. The number of nitrogens with zero attached hydrogens (tertiary/aromatic N) is 6. The predicted molar refractivity (Wildman–Crippen MR) is 127 cm³/mol. The lowest BCUT2D eigenvalue weighted by Gasteiger charge is -2.35. The number of morpholine rings is 1. The van der Waals surface area contributed by atoms with Crippen LogP contribution in [0, 0.1) is 5.82 Å². The minimum absolute atomic E-state index is 0.104. The molecule has 2 saturated heterocycles. The molecule has 190 valence electrons. The predicted octanol–water partition coefficient (Wildman–Crippen LogP) is 2.73. The summed E-state index contributed by atoms with van der Waals surface area (Å²) in [5, 5.41) is 3.45. The number of ether oxygens (including phenoxy) is 3. The summed E-state index contributed by atoms with van der Waals surface area (Å²) in [4.78, 5) is 34.0. The zero-order chi connectivity index (χ0) is 25.0. The molecule has 0 unspecified atom stereocenters. The quantitative estimate of drug-likeness (QED) is 0.672. The summed E-state index contributed by atoms with van der Waals surface area (Å²) in [7, 11) is 1.51. The van der Waals surface area contributed by atoms with Crippen LogP contribution < -0.4 is 15.0 Å². The largest absolute Gasteiger partial charge is 0.480 e. The first kappa shape index (κ1) is 24.8. The van der Waals surface area contributed by atoms with Crippen LogP contribution in [0.1, 0.15) is 33.6 Å². The van der Waals surface area contributed by atoms with Crippen molar-refractivity contribution >= 4 is 17.9 Å². The van der Waals surface area contributed by atoms with Gasteiger partial charge in [0.2, 0.25) is 11.8 Å². The smallest absolute Gasteiger partial charge is 0.410 e. The van der Waals surface area contributed by atoms with Gasteiger partial charge in [-0.25, -0.2) is 19.2 Å². The molecule has 0 radical (unpaired) electrons. The second-order valence-corrected chi connectivity index (χ2v) is 9.49. The number of piperidine rings is 1.